The zero-order valence-corrected chi connectivity index (χ0v) is 27.0. The van der Waals surface area contributed by atoms with Gasteiger partial charge in [0.25, 0.3) is 0 Å². The topological polar surface area (TPSA) is 159 Å². The maximum atomic E-state index is 15.7. The summed E-state index contributed by atoms with van der Waals surface area (Å²) in [6.45, 7) is 4.53. The third kappa shape index (κ3) is 8.05. The summed E-state index contributed by atoms with van der Waals surface area (Å²) in [5.74, 6) is -2.02. The van der Waals surface area contributed by atoms with Crippen molar-refractivity contribution >= 4 is 21.6 Å². The van der Waals surface area contributed by atoms with Crippen LogP contribution in [0.25, 0.3) is 0 Å². The molecule has 5 N–H and O–H groups in total. The second-order valence-electron chi connectivity index (χ2n) is 12.7. The molecular formula is C26H45F4N7O6S2. The molecule has 5 fully saturated rings. The Morgan fingerprint density at radius 2 is 1.82 bits per heavy atom. The highest BCUT2D eigenvalue weighted by molar-refractivity contribution is 8.00. The summed E-state index contributed by atoms with van der Waals surface area (Å²) in [4.78, 5) is 12.4. The van der Waals surface area contributed by atoms with Gasteiger partial charge in [0.1, 0.15) is 23.9 Å². The highest BCUT2D eigenvalue weighted by Crippen LogP contribution is 2.41. The van der Waals surface area contributed by atoms with Crippen molar-refractivity contribution < 1.29 is 40.4 Å². The van der Waals surface area contributed by atoms with Crippen LogP contribution < -0.4 is 26.8 Å². The highest BCUT2D eigenvalue weighted by atomic mass is 32.2. The normalized spacial score (nSPS) is 44.4. The summed E-state index contributed by atoms with van der Waals surface area (Å²) >= 11 is 1.29. The third-order valence-corrected chi connectivity index (χ3v) is 13.4. The Labute approximate surface area is 265 Å². The van der Waals surface area contributed by atoms with Crippen LogP contribution in [-0.4, -0.2) is 128 Å². The average molecular weight is 692 g/mol. The van der Waals surface area contributed by atoms with Crippen LogP contribution in [0.1, 0.15) is 45.4 Å². The summed E-state index contributed by atoms with van der Waals surface area (Å²) in [5, 5.41) is 19.6. The number of hydrogen-bond donors (Lipinski definition) is 5. The number of nitrogens with one attached hydrogen (secondary N) is 5. The molecule has 0 amide bonds. The molecule has 0 aromatic carbocycles. The molecule has 14 atom stereocenters. The lowest BCUT2D eigenvalue weighted by molar-refractivity contribution is -0.538. The summed E-state index contributed by atoms with van der Waals surface area (Å²) in [6.07, 6.45) is -8.07. The van der Waals surface area contributed by atoms with Gasteiger partial charge < -0.3 is 9.47 Å². The van der Waals surface area contributed by atoms with Gasteiger partial charge in [-0.1, -0.05) is 0 Å². The Kier molecular flexibility index (Phi) is 11.9. The number of nitrogens with zero attached hydrogens (tertiary/aromatic N) is 2. The molecule has 19 heteroatoms. The van der Waals surface area contributed by atoms with Gasteiger partial charge in [-0.05, 0) is 39.0 Å². The van der Waals surface area contributed by atoms with Gasteiger partial charge >= 0.3 is 0 Å². The molecule has 3 saturated heterocycles. The van der Waals surface area contributed by atoms with Crippen molar-refractivity contribution in [3.8, 4) is 0 Å². The number of rotatable bonds is 10. The number of thioether (sulfide) groups is 1. The quantitative estimate of drug-likeness (QED) is 0.124. The average Bonchev–Trinajstić information content (AvgIpc) is 3.42. The minimum absolute atomic E-state index is 0.0474. The maximum absolute atomic E-state index is 15.7. The fourth-order valence-electron chi connectivity index (χ4n) is 7.19. The molecule has 0 radical (unpaired) electrons. The van der Waals surface area contributed by atoms with Crippen molar-refractivity contribution in [2.45, 2.75) is 122 Å². The Balaban J connectivity index is 1.24. The molecule has 5 rings (SSSR count). The molecule has 13 nitrogen and oxygen atoms in total. The van der Waals surface area contributed by atoms with Crippen molar-refractivity contribution in [2.24, 2.45) is 5.92 Å². The van der Waals surface area contributed by atoms with Crippen molar-refractivity contribution in [3.63, 3.8) is 0 Å². The number of halogens is 4. The van der Waals surface area contributed by atoms with Gasteiger partial charge in [-0.25, -0.2) is 31.4 Å². The summed E-state index contributed by atoms with van der Waals surface area (Å²) < 4.78 is 98.0. The predicted molar refractivity (Wildman–Crippen MR) is 159 cm³/mol. The van der Waals surface area contributed by atoms with E-state index in [-0.39, 0.29) is 43.5 Å². The Hall–Kier alpha value is -0.900. The first-order chi connectivity index (χ1) is 21.4. The molecule has 0 aromatic heterocycles. The summed E-state index contributed by atoms with van der Waals surface area (Å²) in [6, 6.07) is -1.76. The molecule has 2 aliphatic carbocycles. The first kappa shape index (κ1) is 35.4. The van der Waals surface area contributed by atoms with Crippen molar-refractivity contribution in [2.75, 3.05) is 33.4 Å². The molecule has 14 unspecified atom stereocenters. The number of morpholine rings is 1. The minimum atomic E-state index is -4.75. The van der Waals surface area contributed by atoms with E-state index in [4.69, 9.17) is 9.47 Å². The van der Waals surface area contributed by atoms with Crippen LogP contribution in [0.4, 0.5) is 17.6 Å². The van der Waals surface area contributed by atoms with E-state index in [0.29, 0.717) is 26.3 Å². The van der Waals surface area contributed by atoms with E-state index < -0.39 is 86.0 Å². The van der Waals surface area contributed by atoms with Crippen LogP contribution >= 0.6 is 11.8 Å². The van der Waals surface area contributed by atoms with E-state index in [1.807, 2.05) is 0 Å². The van der Waals surface area contributed by atoms with Crippen molar-refractivity contribution in [1.29, 1.82) is 0 Å². The standard InChI is InChI=1S/C26H45F4N7O6S2/c1-13-9-20(35-34-13)31-24-22(42-2)25(36-5-7-43-8-6-36)33-26(32-24)44-19-4-3-15(12-17(19)28)45(40,41)23(30)16-10-14(27)11-18(21(16)29)37(38)39/h13-26,31-35H,3-12H2,1-2H3. The third-order valence-electron chi connectivity index (χ3n) is 9.64. The first-order valence-electron chi connectivity index (χ1n) is 15.6. The molecule has 2 saturated carbocycles. The SMILES string of the molecule is COC1C(NC2CC(C)NN2)NC(SC2CCC(S(=O)(=O)C(F)C3CC(F)CC([N+](=O)[O-])C3F)CC2F)NC1N1CCOCC1. The molecule has 0 spiro atoms. The lowest BCUT2D eigenvalue weighted by Crippen LogP contribution is -2.75. The molecule has 45 heavy (non-hydrogen) atoms. The minimum Gasteiger partial charge on any atom is -0.379 e. The Morgan fingerprint density at radius 3 is 2.44 bits per heavy atom. The molecule has 0 bridgehead atoms. The second-order valence-corrected chi connectivity index (χ2v) is 16.4. The zero-order valence-electron chi connectivity index (χ0n) is 25.3. The Bertz CT molecular complexity index is 1120. The van der Waals surface area contributed by atoms with E-state index >= 15 is 8.78 Å². The highest BCUT2D eigenvalue weighted by Gasteiger charge is 2.54. The second kappa shape index (κ2) is 15.1. The number of alkyl halides is 4. The fraction of sp³-hybridized carbons (Fsp3) is 1.00. The molecule has 0 aromatic rings. The molecule has 260 valence electrons. The van der Waals surface area contributed by atoms with Crippen LogP contribution in [-0.2, 0) is 19.3 Å². The van der Waals surface area contributed by atoms with Gasteiger partial charge in [-0.2, -0.15) is 0 Å². The smallest absolute Gasteiger partial charge is 0.247 e. The molecule has 3 heterocycles. The van der Waals surface area contributed by atoms with Crippen molar-refractivity contribution in [1.82, 2.24) is 31.7 Å². The van der Waals surface area contributed by atoms with E-state index in [1.165, 1.54) is 11.8 Å². The monoisotopic (exact) mass is 691 g/mol. The Morgan fingerprint density at radius 1 is 1.09 bits per heavy atom. The lowest BCUT2D eigenvalue weighted by Gasteiger charge is -2.49. The lowest BCUT2D eigenvalue weighted by atomic mass is 9.83. The van der Waals surface area contributed by atoms with E-state index in [0.717, 1.165) is 6.42 Å². The van der Waals surface area contributed by atoms with Crippen LogP contribution in [0, 0.1) is 16.0 Å². The molecule has 5 aliphatic rings. The van der Waals surface area contributed by atoms with E-state index in [2.05, 4.69) is 38.6 Å². The van der Waals surface area contributed by atoms with Gasteiger partial charge in [0.05, 0.1) is 37.0 Å². The number of ether oxygens (including phenoxy) is 2. The van der Waals surface area contributed by atoms with Gasteiger partial charge in [0.15, 0.2) is 16.0 Å². The van der Waals surface area contributed by atoms with E-state index in [1.54, 1.807) is 7.11 Å². The fourth-order valence-corrected chi connectivity index (χ4v) is 10.6. The van der Waals surface area contributed by atoms with Gasteiger partial charge in [-0.15, -0.1) is 11.8 Å². The molecular weight excluding hydrogens is 646 g/mol. The number of nitro groups is 1. The number of hydrazine groups is 1. The van der Waals surface area contributed by atoms with Gasteiger partial charge in [0.2, 0.25) is 11.5 Å². The first-order valence-corrected chi connectivity index (χ1v) is 18.2. The largest absolute Gasteiger partial charge is 0.379 e. The zero-order chi connectivity index (χ0) is 32.5. The van der Waals surface area contributed by atoms with Crippen molar-refractivity contribution in [3.05, 3.63) is 10.1 Å². The molecule has 3 aliphatic heterocycles. The van der Waals surface area contributed by atoms with Crippen LogP contribution in [0.5, 0.6) is 0 Å². The predicted octanol–water partition coefficient (Wildman–Crippen LogP) is 0.699. The summed E-state index contributed by atoms with van der Waals surface area (Å²) in [7, 11) is -3.12. The number of methoxy groups -OCH3 is 1. The van der Waals surface area contributed by atoms with Crippen LogP contribution in [0.3, 0.4) is 0 Å². The van der Waals surface area contributed by atoms with Crippen LogP contribution in [0.15, 0.2) is 0 Å². The number of sulfone groups is 1. The van der Waals surface area contributed by atoms with Gasteiger partial charge in [0, 0.05) is 48.8 Å². The van der Waals surface area contributed by atoms with Gasteiger partial charge in [-0.3, -0.25) is 36.4 Å². The number of hydrogen-bond acceptors (Lipinski definition) is 13. The van der Waals surface area contributed by atoms with Crippen LogP contribution in [0.2, 0.25) is 0 Å². The summed E-state index contributed by atoms with van der Waals surface area (Å²) in [5.41, 5.74) is 3.09. The van der Waals surface area contributed by atoms with E-state index in [9.17, 15) is 27.3 Å². The maximum Gasteiger partial charge on any atom is 0.247 e.